The van der Waals surface area contributed by atoms with Crippen LogP contribution in [-0.4, -0.2) is 39.4 Å². The minimum absolute atomic E-state index is 0.223. The first-order valence-corrected chi connectivity index (χ1v) is 9.87. The van der Waals surface area contributed by atoms with Gasteiger partial charge >= 0.3 is 0 Å². The number of rotatable bonds is 3. The first kappa shape index (κ1) is 17.1. The van der Waals surface area contributed by atoms with Gasteiger partial charge in [0.1, 0.15) is 11.4 Å². The van der Waals surface area contributed by atoms with Gasteiger partial charge in [-0.1, -0.05) is 6.42 Å². The van der Waals surface area contributed by atoms with Crippen LogP contribution in [0.1, 0.15) is 36.2 Å². The van der Waals surface area contributed by atoms with Crippen molar-refractivity contribution in [3.05, 3.63) is 41.5 Å². The van der Waals surface area contributed by atoms with Gasteiger partial charge in [-0.3, -0.25) is 4.90 Å². The minimum atomic E-state index is -0.809. The van der Waals surface area contributed by atoms with Crippen molar-refractivity contribution in [2.24, 2.45) is 18.9 Å². The normalized spacial score (nSPS) is 29.9. The van der Waals surface area contributed by atoms with Crippen molar-refractivity contribution in [1.29, 1.82) is 0 Å². The van der Waals surface area contributed by atoms with Gasteiger partial charge in [-0.15, -0.1) is 0 Å². The lowest BCUT2D eigenvalue weighted by molar-refractivity contribution is -0.155. The van der Waals surface area contributed by atoms with E-state index in [2.05, 4.69) is 28.9 Å². The largest absolute Gasteiger partial charge is 0.454 e. The molecule has 2 bridgehead atoms. The molecule has 6 nitrogen and oxygen atoms in total. The lowest BCUT2D eigenvalue weighted by Gasteiger charge is -2.52. The lowest BCUT2D eigenvalue weighted by atomic mass is 9.65. The standard InChI is InChI=1S/C21H27N3O3/c1-14-8-18-19(27-13-26-18)9-15(14)10-24-11-16-4-3-5-17(12-24)21(16,25)20-22-6-7-23(20)2/h6-9,16-17,25H,3-5,10-13H2,1-2H3/t16-,17-/m0/s1. The van der Waals surface area contributed by atoms with Crippen molar-refractivity contribution in [1.82, 2.24) is 14.5 Å². The monoisotopic (exact) mass is 369 g/mol. The van der Waals surface area contributed by atoms with Crippen LogP contribution in [0.15, 0.2) is 24.5 Å². The number of hydrogen-bond donors (Lipinski definition) is 1. The van der Waals surface area contributed by atoms with E-state index in [1.165, 1.54) is 17.5 Å². The molecule has 1 saturated carbocycles. The molecule has 5 rings (SSSR count). The molecule has 1 aromatic carbocycles. The highest BCUT2D eigenvalue weighted by Crippen LogP contribution is 2.49. The quantitative estimate of drug-likeness (QED) is 0.901. The number of imidazole rings is 1. The molecule has 6 heteroatoms. The predicted octanol–water partition coefficient (Wildman–Crippen LogP) is 2.58. The summed E-state index contributed by atoms with van der Waals surface area (Å²) in [7, 11) is 1.98. The molecular formula is C21H27N3O3. The summed E-state index contributed by atoms with van der Waals surface area (Å²) < 4.78 is 13.0. The zero-order valence-electron chi connectivity index (χ0n) is 16.0. The number of likely N-dealkylation sites (tertiary alicyclic amines) is 1. The third-order valence-electron chi connectivity index (χ3n) is 6.71. The Hall–Kier alpha value is -2.05. The number of benzene rings is 1. The number of fused-ring (bicyclic) bond motifs is 3. The van der Waals surface area contributed by atoms with Crippen LogP contribution in [-0.2, 0) is 19.2 Å². The van der Waals surface area contributed by atoms with Gasteiger partial charge in [0.2, 0.25) is 6.79 Å². The van der Waals surface area contributed by atoms with Gasteiger partial charge in [-0.2, -0.15) is 0 Å². The van der Waals surface area contributed by atoms with Crippen LogP contribution in [0.2, 0.25) is 0 Å². The summed E-state index contributed by atoms with van der Waals surface area (Å²) in [5.41, 5.74) is 1.70. The minimum Gasteiger partial charge on any atom is -0.454 e. The molecule has 2 fully saturated rings. The molecule has 0 unspecified atom stereocenters. The first-order chi connectivity index (χ1) is 13.1. The van der Waals surface area contributed by atoms with Gasteiger partial charge in [0.25, 0.3) is 0 Å². The Kier molecular flexibility index (Phi) is 3.95. The molecular weight excluding hydrogens is 342 g/mol. The summed E-state index contributed by atoms with van der Waals surface area (Å²) in [6.07, 6.45) is 7.03. The highest BCUT2D eigenvalue weighted by Gasteiger charge is 2.53. The van der Waals surface area contributed by atoms with Gasteiger partial charge in [0, 0.05) is 50.9 Å². The van der Waals surface area contributed by atoms with E-state index in [4.69, 9.17) is 9.47 Å². The van der Waals surface area contributed by atoms with Crippen molar-refractivity contribution >= 4 is 0 Å². The summed E-state index contributed by atoms with van der Waals surface area (Å²) >= 11 is 0. The molecule has 1 aromatic heterocycles. The van der Waals surface area contributed by atoms with Crippen LogP contribution < -0.4 is 9.47 Å². The van der Waals surface area contributed by atoms with Crippen molar-refractivity contribution in [3.63, 3.8) is 0 Å². The fourth-order valence-corrected chi connectivity index (χ4v) is 5.29. The molecule has 27 heavy (non-hydrogen) atoms. The van der Waals surface area contributed by atoms with Crippen LogP contribution >= 0.6 is 0 Å². The average Bonchev–Trinajstić information content (AvgIpc) is 3.24. The summed E-state index contributed by atoms with van der Waals surface area (Å²) in [6, 6.07) is 4.19. The van der Waals surface area contributed by atoms with E-state index in [1.54, 1.807) is 6.20 Å². The first-order valence-electron chi connectivity index (χ1n) is 9.87. The maximum atomic E-state index is 11.7. The molecule has 0 spiro atoms. The van der Waals surface area contributed by atoms with E-state index in [0.29, 0.717) is 6.79 Å². The van der Waals surface area contributed by atoms with Crippen molar-refractivity contribution < 1.29 is 14.6 Å². The van der Waals surface area contributed by atoms with Gasteiger partial charge in [-0.25, -0.2) is 4.98 Å². The van der Waals surface area contributed by atoms with Crippen LogP contribution in [0.4, 0.5) is 0 Å². The Labute approximate surface area is 159 Å². The van der Waals surface area contributed by atoms with Gasteiger partial charge in [0.15, 0.2) is 11.5 Å². The highest BCUT2D eigenvalue weighted by atomic mass is 16.7. The predicted molar refractivity (Wildman–Crippen MR) is 101 cm³/mol. The molecule has 2 aromatic rings. The zero-order valence-corrected chi connectivity index (χ0v) is 16.0. The van der Waals surface area contributed by atoms with E-state index in [9.17, 15) is 5.11 Å². The number of aromatic nitrogens is 2. The Balaban J connectivity index is 1.40. The number of nitrogens with zero attached hydrogens (tertiary/aromatic N) is 3. The lowest BCUT2D eigenvalue weighted by Crippen LogP contribution is -2.58. The number of ether oxygens (including phenoxy) is 2. The molecule has 3 heterocycles. The topological polar surface area (TPSA) is 59.8 Å². The highest BCUT2D eigenvalue weighted by molar-refractivity contribution is 5.48. The van der Waals surface area contributed by atoms with Crippen LogP contribution in [0.25, 0.3) is 0 Å². The molecule has 1 N–H and O–H groups in total. The maximum absolute atomic E-state index is 11.7. The molecule has 1 aliphatic carbocycles. The van der Waals surface area contributed by atoms with E-state index in [-0.39, 0.29) is 11.8 Å². The van der Waals surface area contributed by atoms with Gasteiger partial charge in [-0.05, 0) is 43.0 Å². The summed E-state index contributed by atoms with van der Waals surface area (Å²) in [4.78, 5) is 7.02. The van der Waals surface area contributed by atoms with Gasteiger partial charge < -0.3 is 19.1 Å². The second-order valence-electron chi connectivity index (χ2n) is 8.34. The SMILES string of the molecule is Cc1cc2c(cc1CN1C[C@@H]3CCC[C@@H](C1)C3(O)c1nccn1C)OCO2. The zero-order chi connectivity index (χ0) is 18.6. The van der Waals surface area contributed by atoms with E-state index in [1.807, 2.05) is 17.8 Å². The molecule has 3 aliphatic rings. The average molecular weight is 369 g/mol. The molecule has 2 aliphatic heterocycles. The second kappa shape index (κ2) is 6.24. The number of aliphatic hydroxyl groups is 1. The van der Waals surface area contributed by atoms with Crippen molar-refractivity contribution in [2.75, 3.05) is 19.9 Å². The van der Waals surface area contributed by atoms with Crippen LogP contribution in [0.5, 0.6) is 11.5 Å². The van der Waals surface area contributed by atoms with E-state index >= 15 is 0 Å². The number of aryl methyl sites for hydroxylation is 2. The van der Waals surface area contributed by atoms with Gasteiger partial charge in [0.05, 0.1) is 0 Å². The van der Waals surface area contributed by atoms with Crippen molar-refractivity contribution in [3.8, 4) is 11.5 Å². The fraction of sp³-hybridized carbons (Fsp3) is 0.571. The Morgan fingerprint density at radius 3 is 2.56 bits per heavy atom. The Morgan fingerprint density at radius 2 is 1.89 bits per heavy atom. The third kappa shape index (κ3) is 2.65. The van der Waals surface area contributed by atoms with E-state index < -0.39 is 5.60 Å². The summed E-state index contributed by atoms with van der Waals surface area (Å²) in [5.74, 6) is 2.96. The third-order valence-corrected chi connectivity index (χ3v) is 6.71. The maximum Gasteiger partial charge on any atom is 0.231 e. The van der Waals surface area contributed by atoms with Crippen LogP contribution in [0, 0.1) is 18.8 Å². The molecule has 0 amide bonds. The molecule has 2 atom stereocenters. The molecule has 0 radical (unpaired) electrons. The summed E-state index contributed by atoms with van der Waals surface area (Å²) in [5, 5.41) is 11.7. The molecule has 1 saturated heterocycles. The summed E-state index contributed by atoms with van der Waals surface area (Å²) in [6.45, 7) is 5.11. The second-order valence-corrected chi connectivity index (χ2v) is 8.34. The smallest absolute Gasteiger partial charge is 0.231 e. The number of hydrogen-bond acceptors (Lipinski definition) is 5. The Morgan fingerprint density at radius 1 is 1.19 bits per heavy atom. The van der Waals surface area contributed by atoms with Crippen molar-refractivity contribution in [2.45, 2.75) is 38.3 Å². The Bertz CT molecular complexity index is 848. The number of piperidine rings is 1. The van der Waals surface area contributed by atoms with Crippen LogP contribution in [0.3, 0.4) is 0 Å². The van der Waals surface area contributed by atoms with E-state index in [0.717, 1.165) is 49.8 Å². The molecule has 144 valence electrons. The fourth-order valence-electron chi connectivity index (χ4n) is 5.29.